The quantitative estimate of drug-likeness (QED) is 0.807. The van der Waals surface area contributed by atoms with Crippen LogP contribution in [-0.2, 0) is 24.8 Å². The van der Waals surface area contributed by atoms with Crippen molar-refractivity contribution in [3.8, 4) is 0 Å². The highest BCUT2D eigenvalue weighted by Gasteiger charge is 2.36. The van der Waals surface area contributed by atoms with E-state index in [9.17, 15) is 14.4 Å². The van der Waals surface area contributed by atoms with E-state index in [0.29, 0.717) is 38.5 Å². The summed E-state index contributed by atoms with van der Waals surface area (Å²) >= 11 is 0. The summed E-state index contributed by atoms with van der Waals surface area (Å²) < 4.78 is 3.09. The van der Waals surface area contributed by atoms with Gasteiger partial charge in [-0.3, -0.25) is 9.36 Å². The Morgan fingerprint density at radius 3 is 2.50 bits per heavy atom. The molecule has 2 fully saturated rings. The lowest BCUT2D eigenvalue weighted by Gasteiger charge is -2.35. The van der Waals surface area contributed by atoms with Gasteiger partial charge in [0.05, 0.1) is 0 Å². The summed E-state index contributed by atoms with van der Waals surface area (Å²) in [6.07, 6.45) is 4.03. The minimum atomic E-state index is -0.511. The fourth-order valence-corrected chi connectivity index (χ4v) is 4.14. The lowest BCUT2D eigenvalue weighted by Crippen LogP contribution is -2.51. The molecule has 1 atom stereocenters. The summed E-state index contributed by atoms with van der Waals surface area (Å²) in [6.45, 7) is 4.48. The van der Waals surface area contributed by atoms with Crippen molar-refractivity contribution >= 4 is 11.9 Å². The lowest BCUT2D eigenvalue weighted by molar-refractivity contribution is -0.136. The van der Waals surface area contributed by atoms with Crippen molar-refractivity contribution in [2.45, 2.75) is 51.6 Å². The first-order valence-electron chi connectivity index (χ1n) is 9.40. The maximum atomic E-state index is 12.7. The number of urea groups is 1. The van der Waals surface area contributed by atoms with Crippen molar-refractivity contribution in [2.75, 3.05) is 19.6 Å². The Morgan fingerprint density at radius 1 is 1.19 bits per heavy atom. The number of carbonyl (C=O) groups excluding carboxylic acids is 2. The van der Waals surface area contributed by atoms with Gasteiger partial charge in [0, 0.05) is 39.6 Å². The van der Waals surface area contributed by atoms with Crippen LogP contribution in [0.1, 0.15) is 38.4 Å². The molecule has 0 radical (unpaired) electrons. The van der Waals surface area contributed by atoms with Crippen molar-refractivity contribution in [1.82, 2.24) is 24.1 Å². The molecular formula is C17H28N6O3. The number of amides is 3. The summed E-state index contributed by atoms with van der Waals surface area (Å²) in [7, 11) is 1.67. The molecule has 2 N–H and O–H groups in total. The van der Waals surface area contributed by atoms with E-state index in [0.717, 1.165) is 31.5 Å². The average Bonchev–Trinajstić information content (AvgIpc) is 3.21. The molecule has 2 saturated heterocycles. The van der Waals surface area contributed by atoms with Crippen LogP contribution in [0.5, 0.6) is 0 Å². The molecule has 0 spiro atoms. The minimum absolute atomic E-state index is 0.0167. The van der Waals surface area contributed by atoms with Gasteiger partial charge < -0.3 is 15.5 Å². The third-order valence-corrected chi connectivity index (χ3v) is 5.62. The number of nitrogens with zero attached hydrogens (tertiary/aromatic N) is 5. The molecule has 0 aliphatic carbocycles. The number of aromatic nitrogens is 3. The third kappa shape index (κ3) is 3.47. The van der Waals surface area contributed by atoms with E-state index in [-0.39, 0.29) is 11.6 Å². The maximum Gasteiger partial charge on any atom is 0.345 e. The zero-order valence-corrected chi connectivity index (χ0v) is 15.6. The molecule has 0 saturated carbocycles. The molecule has 3 heterocycles. The molecule has 1 aromatic rings. The highest BCUT2D eigenvalue weighted by Crippen LogP contribution is 2.24. The Morgan fingerprint density at radius 2 is 1.88 bits per heavy atom. The van der Waals surface area contributed by atoms with Gasteiger partial charge >= 0.3 is 11.7 Å². The second-order valence-corrected chi connectivity index (χ2v) is 7.23. The molecule has 2 aliphatic rings. The van der Waals surface area contributed by atoms with Crippen LogP contribution in [0.25, 0.3) is 0 Å². The average molecular weight is 364 g/mol. The van der Waals surface area contributed by atoms with Gasteiger partial charge in [-0.1, -0.05) is 0 Å². The monoisotopic (exact) mass is 364 g/mol. The Hall–Kier alpha value is -2.32. The predicted molar refractivity (Wildman–Crippen MR) is 95.5 cm³/mol. The number of carbonyl (C=O) groups is 2. The van der Waals surface area contributed by atoms with E-state index in [2.05, 4.69) is 5.10 Å². The predicted octanol–water partition coefficient (Wildman–Crippen LogP) is -0.0741. The standard InChI is InChI=1S/C17H28N6O3/c1-3-22-14(19-20(2)17(22)26)11-12-6-9-21(10-7-12)15(24)13-5-4-8-23(13)16(18)25/h12-13H,3-11H2,1-2H3,(H2,18,25). The van der Waals surface area contributed by atoms with Crippen LogP contribution in [0.2, 0.25) is 0 Å². The number of likely N-dealkylation sites (tertiary alicyclic amines) is 2. The van der Waals surface area contributed by atoms with Crippen molar-refractivity contribution in [3.63, 3.8) is 0 Å². The summed E-state index contributed by atoms with van der Waals surface area (Å²) in [5, 5.41) is 4.35. The molecule has 2 aliphatic heterocycles. The number of hydrogen-bond donors (Lipinski definition) is 1. The van der Waals surface area contributed by atoms with E-state index >= 15 is 0 Å². The summed E-state index contributed by atoms with van der Waals surface area (Å²) in [4.78, 5) is 39.6. The molecular weight excluding hydrogens is 336 g/mol. The molecule has 1 aromatic heterocycles. The SMILES string of the molecule is CCn1c(CC2CCN(C(=O)C3CCCN3C(N)=O)CC2)nn(C)c1=O. The van der Waals surface area contributed by atoms with Gasteiger partial charge in [-0.25, -0.2) is 14.3 Å². The van der Waals surface area contributed by atoms with E-state index < -0.39 is 12.1 Å². The van der Waals surface area contributed by atoms with Gasteiger partial charge in [-0.2, -0.15) is 5.10 Å². The Kier molecular flexibility index (Phi) is 5.33. The zero-order valence-electron chi connectivity index (χ0n) is 15.6. The van der Waals surface area contributed by atoms with Crippen molar-refractivity contribution in [1.29, 1.82) is 0 Å². The van der Waals surface area contributed by atoms with E-state index in [1.807, 2.05) is 11.8 Å². The van der Waals surface area contributed by atoms with E-state index in [1.165, 1.54) is 9.58 Å². The lowest BCUT2D eigenvalue weighted by atomic mass is 9.92. The number of piperidine rings is 1. The maximum absolute atomic E-state index is 12.7. The Bertz CT molecular complexity index is 731. The van der Waals surface area contributed by atoms with E-state index in [4.69, 9.17) is 5.73 Å². The Labute approximate surface area is 152 Å². The van der Waals surface area contributed by atoms with Crippen molar-refractivity contribution < 1.29 is 9.59 Å². The van der Waals surface area contributed by atoms with Crippen LogP contribution < -0.4 is 11.4 Å². The fourth-order valence-electron chi connectivity index (χ4n) is 4.14. The molecule has 9 nitrogen and oxygen atoms in total. The molecule has 144 valence electrons. The van der Waals surface area contributed by atoms with Gasteiger partial charge in [0.25, 0.3) is 0 Å². The first-order chi connectivity index (χ1) is 12.4. The molecule has 0 aromatic carbocycles. The fraction of sp³-hybridized carbons (Fsp3) is 0.765. The zero-order chi connectivity index (χ0) is 18.8. The van der Waals surface area contributed by atoms with Gasteiger partial charge in [-0.05, 0) is 38.5 Å². The summed E-state index contributed by atoms with van der Waals surface area (Å²) in [6, 6.07) is -0.909. The number of aryl methyl sites for hydroxylation is 1. The molecule has 0 bridgehead atoms. The van der Waals surface area contributed by atoms with Crippen molar-refractivity contribution in [2.24, 2.45) is 18.7 Å². The highest BCUT2D eigenvalue weighted by molar-refractivity contribution is 5.87. The first-order valence-corrected chi connectivity index (χ1v) is 9.40. The number of nitrogens with two attached hydrogens (primary N) is 1. The molecule has 1 unspecified atom stereocenters. The number of primary amides is 1. The topological polar surface area (TPSA) is 106 Å². The van der Waals surface area contributed by atoms with Crippen LogP contribution in [0.4, 0.5) is 4.79 Å². The summed E-state index contributed by atoms with van der Waals surface area (Å²) in [5.41, 5.74) is 5.30. The van der Waals surface area contributed by atoms with Crippen LogP contribution in [-0.4, -0.2) is 61.8 Å². The third-order valence-electron chi connectivity index (χ3n) is 5.62. The number of hydrogen-bond acceptors (Lipinski definition) is 4. The smallest absolute Gasteiger partial charge is 0.345 e. The van der Waals surface area contributed by atoms with Gasteiger partial charge in [0.15, 0.2) is 0 Å². The van der Waals surface area contributed by atoms with E-state index in [1.54, 1.807) is 11.6 Å². The molecule has 26 heavy (non-hydrogen) atoms. The van der Waals surface area contributed by atoms with Gasteiger partial charge in [-0.15, -0.1) is 0 Å². The summed E-state index contributed by atoms with van der Waals surface area (Å²) in [5.74, 6) is 1.24. The van der Waals surface area contributed by atoms with Crippen LogP contribution >= 0.6 is 0 Å². The van der Waals surface area contributed by atoms with Gasteiger partial charge in [0.2, 0.25) is 5.91 Å². The molecule has 3 rings (SSSR count). The van der Waals surface area contributed by atoms with Crippen LogP contribution in [0.3, 0.4) is 0 Å². The molecule has 3 amide bonds. The second-order valence-electron chi connectivity index (χ2n) is 7.23. The normalized spacial score (nSPS) is 21.4. The first kappa shape index (κ1) is 18.5. The van der Waals surface area contributed by atoms with Crippen LogP contribution in [0, 0.1) is 5.92 Å². The van der Waals surface area contributed by atoms with Crippen molar-refractivity contribution in [3.05, 3.63) is 16.3 Å². The Balaban J connectivity index is 1.58. The highest BCUT2D eigenvalue weighted by atomic mass is 16.2. The molecule has 9 heteroatoms. The largest absolute Gasteiger partial charge is 0.351 e. The minimum Gasteiger partial charge on any atom is -0.351 e. The van der Waals surface area contributed by atoms with Crippen LogP contribution in [0.15, 0.2) is 4.79 Å². The number of rotatable bonds is 4. The second kappa shape index (κ2) is 7.51. The van der Waals surface area contributed by atoms with Gasteiger partial charge in [0.1, 0.15) is 11.9 Å².